The first kappa shape index (κ1) is 18.5. The molecule has 28 heavy (non-hydrogen) atoms. The van der Waals surface area contributed by atoms with Crippen LogP contribution in [0.5, 0.6) is 0 Å². The van der Waals surface area contributed by atoms with Crippen LogP contribution in [0.2, 0.25) is 0 Å². The van der Waals surface area contributed by atoms with Crippen molar-refractivity contribution in [3.05, 3.63) is 23.8 Å². The molecule has 1 aromatic carbocycles. The number of nitrogens with zero attached hydrogens (tertiary/aromatic N) is 1. The number of amides is 1. The van der Waals surface area contributed by atoms with E-state index in [1.165, 1.54) is 23.6 Å². The van der Waals surface area contributed by atoms with E-state index in [1.54, 1.807) is 6.92 Å². The first-order valence-corrected chi connectivity index (χ1v) is 12.4. The van der Waals surface area contributed by atoms with E-state index in [4.69, 9.17) is 0 Å². The maximum atomic E-state index is 13.3. The van der Waals surface area contributed by atoms with Gasteiger partial charge in [-0.25, -0.2) is 8.42 Å². The number of hydrogen-bond donors (Lipinski definition) is 1. The number of carbonyl (C=O) groups is 1. The Morgan fingerprint density at radius 2 is 1.79 bits per heavy atom. The van der Waals surface area contributed by atoms with Crippen molar-refractivity contribution < 1.29 is 13.2 Å². The Balaban J connectivity index is 1.38. The second-order valence-corrected chi connectivity index (χ2v) is 11.8. The van der Waals surface area contributed by atoms with Crippen molar-refractivity contribution in [2.45, 2.75) is 58.3 Å². The summed E-state index contributed by atoms with van der Waals surface area (Å²) in [6.07, 6.45) is 8.81. The lowest BCUT2D eigenvalue weighted by atomic mass is 9.49. The second kappa shape index (κ2) is 6.48. The first-order chi connectivity index (χ1) is 13.4. The molecule has 5 nitrogen and oxygen atoms in total. The molecule has 6 heteroatoms. The van der Waals surface area contributed by atoms with Crippen LogP contribution in [0.3, 0.4) is 0 Å². The summed E-state index contributed by atoms with van der Waals surface area (Å²) in [6.45, 7) is 2.23. The van der Waals surface area contributed by atoms with Crippen LogP contribution in [0.4, 0.5) is 11.4 Å². The molecule has 0 saturated heterocycles. The molecule has 4 bridgehead atoms. The van der Waals surface area contributed by atoms with Gasteiger partial charge < -0.3 is 5.32 Å². The molecule has 0 aromatic heterocycles. The summed E-state index contributed by atoms with van der Waals surface area (Å²) in [7, 11) is -3.26. The van der Waals surface area contributed by atoms with Crippen molar-refractivity contribution in [3.63, 3.8) is 0 Å². The van der Waals surface area contributed by atoms with E-state index < -0.39 is 10.0 Å². The quantitative estimate of drug-likeness (QED) is 0.829. The van der Waals surface area contributed by atoms with Gasteiger partial charge >= 0.3 is 0 Å². The Morgan fingerprint density at radius 3 is 2.39 bits per heavy atom. The largest absolute Gasteiger partial charge is 0.326 e. The molecule has 1 amide bonds. The van der Waals surface area contributed by atoms with Gasteiger partial charge in [0.1, 0.15) is 0 Å². The van der Waals surface area contributed by atoms with Crippen molar-refractivity contribution >= 4 is 27.3 Å². The molecule has 4 aliphatic carbocycles. The third-order valence-electron chi connectivity index (χ3n) is 7.63. The minimum absolute atomic E-state index is 0.108. The Labute approximate surface area is 167 Å². The number of hydrogen-bond acceptors (Lipinski definition) is 3. The Morgan fingerprint density at radius 1 is 1.14 bits per heavy atom. The van der Waals surface area contributed by atoms with Gasteiger partial charge in [-0.3, -0.25) is 9.10 Å². The van der Waals surface area contributed by atoms with Crippen molar-refractivity contribution in [2.24, 2.45) is 23.2 Å². The summed E-state index contributed by atoms with van der Waals surface area (Å²) in [5.74, 6) is 2.53. The molecule has 152 valence electrons. The minimum atomic E-state index is -3.26. The zero-order valence-electron chi connectivity index (χ0n) is 16.6. The predicted octanol–water partition coefficient (Wildman–Crippen LogP) is 3.94. The molecular weight excluding hydrogens is 372 g/mol. The van der Waals surface area contributed by atoms with Gasteiger partial charge in [-0.15, -0.1) is 0 Å². The number of benzene rings is 1. The molecule has 5 aliphatic rings. The summed E-state index contributed by atoms with van der Waals surface area (Å²) in [5, 5.41) is 3.21. The Bertz CT molecular complexity index is 873. The smallest absolute Gasteiger partial charge is 0.234 e. The van der Waals surface area contributed by atoms with E-state index >= 15 is 0 Å². The van der Waals surface area contributed by atoms with Crippen LogP contribution < -0.4 is 9.62 Å². The fraction of sp³-hybridized carbons (Fsp3) is 0.682. The van der Waals surface area contributed by atoms with E-state index in [-0.39, 0.29) is 17.1 Å². The maximum Gasteiger partial charge on any atom is 0.234 e. The van der Waals surface area contributed by atoms with Crippen LogP contribution in [0.25, 0.3) is 0 Å². The molecule has 1 heterocycles. The highest BCUT2D eigenvalue weighted by molar-refractivity contribution is 7.92. The normalized spacial score (nSPS) is 33.6. The number of nitrogens with one attached hydrogen (secondary N) is 1. The molecule has 0 radical (unpaired) electrons. The molecule has 1 N–H and O–H groups in total. The standard InChI is InChI=1S/C22H30N2O3S/c1-2-28(26,27)24-7-3-4-18-11-19(5-6-20(18)24)23-21(25)22-12-15-8-16(13-22)10-17(9-15)14-22/h5-6,11,15-17H,2-4,7-10,12-14H2,1H3,(H,23,25). The lowest BCUT2D eigenvalue weighted by Crippen LogP contribution is -2.51. The van der Waals surface area contributed by atoms with Crippen molar-refractivity contribution in [1.82, 2.24) is 0 Å². The molecule has 4 saturated carbocycles. The summed E-state index contributed by atoms with van der Waals surface area (Å²) in [4.78, 5) is 13.3. The van der Waals surface area contributed by atoms with Gasteiger partial charge in [-0.05, 0) is 99.8 Å². The lowest BCUT2D eigenvalue weighted by Gasteiger charge is -2.55. The van der Waals surface area contributed by atoms with Crippen LogP contribution >= 0.6 is 0 Å². The number of fused-ring (bicyclic) bond motifs is 1. The average molecular weight is 403 g/mol. The van der Waals surface area contributed by atoms with Gasteiger partial charge in [-0.2, -0.15) is 0 Å². The highest BCUT2D eigenvalue weighted by Crippen LogP contribution is 2.60. The molecule has 1 aliphatic heterocycles. The van der Waals surface area contributed by atoms with Gasteiger partial charge in [-0.1, -0.05) is 0 Å². The highest BCUT2D eigenvalue weighted by Gasteiger charge is 2.54. The fourth-order valence-electron chi connectivity index (χ4n) is 6.74. The van der Waals surface area contributed by atoms with Gasteiger partial charge in [0.2, 0.25) is 15.9 Å². The zero-order chi connectivity index (χ0) is 19.5. The molecule has 1 aromatic rings. The predicted molar refractivity (Wildman–Crippen MR) is 111 cm³/mol. The average Bonchev–Trinajstić information content (AvgIpc) is 2.66. The molecule has 0 unspecified atom stereocenters. The summed E-state index contributed by atoms with van der Waals surface area (Å²) >= 11 is 0. The fourth-order valence-corrected chi connectivity index (χ4v) is 7.93. The van der Waals surface area contributed by atoms with Crippen LogP contribution in [0.1, 0.15) is 57.4 Å². The van der Waals surface area contributed by atoms with Gasteiger partial charge in [0.05, 0.1) is 16.9 Å². The molecule has 4 fully saturated rings. The Hall–Kier alpha value is -1.56. The molecular formula is C22H30N2O3S. The highest BCUT2D eigenvalue weighted by atomic mass is 32.2. The van der Waals surface area contributed by atoms with Crippen LogP contribution in [0.15, 0.2) is 18.2 Å². The minimum Gasteiger partial charge on any atom is -0.326 e. The van der Waals surface area contributed by atoms with Crippen molar-refractivity contribution in [3.8, 4) is 0 Å². The van der Waals surface area contributed by atoms with Crippen LogP contribution in [-0.4, -0.2) is 26.6 Å². The van der Waals surface area contributed by atoms with Gasteiger partial charge in [0.15, 0.2) is 0 Å². The van der Waals surface area contributed by atoms with Gasteiger partial charge in [0, 0.05) is 12.2 Å². The SMILES string of the molecule is CCS(=O)(=O)N1CCCc2cc(NC(=O)C34CC5CC(CC(C5)C3)C4)ccc21. The third kappa shape index (κ3) is 2.95. The number of rotatable bonds is 4. The van der Waals surface area contributed by atoms with Crippen molar-refractivity contribution in [2.75, 3.05) is 21.9 Å². The third-order valence-corrected chi connectivity index (χ3v) is 9.41. The van der Waals surface area contributed by atoms with Crippen LogP contribution in [0, 0.1) is 23.2 Å². The van der Waals surface area contributed by atoms with Crippen LogP contribution in [-0.2, 0) is 21.2 Å². The monoisotopic (exact) mass is 402 g/mol. The van der Waals surface area contributed by atoms with E-state index in [1.807, 2.05) is 18.2 Å². The molecule has 0 spiro atoms. The summed E-state index contributed by atoms with van der Waals surface area (Å²) in [5.41, 5.74) is 2.45. The number of anilines is 2. The second-order valence-electron chi connectivity index (χ2n) is 9.57. The lowest BCUT2D eigenvalue weighted by molar-refractivity contribution is -0.140. The Kier molecular flexibility index (Phi) is 4.27. The van der Waals surface area contributed by atoms with E-state index in [9.17, 15) is 13.2 Å². The van der Waals surface area contributed by atoms with Gasteiger partial charge in [0.25, 0.3) is 0 Å². The zero-order valence-corrected chi connectivity index (χ0v) is 17.4. The first-order valence-electron chi connectivity index (χ1n) is 10.8. The van der Waals surface area contributed by atoms with E-state index in [0.29, 0.717) is 6.54 Å². The van der Waals surface area contributed by atoms with E-state index in [2.05, 4.69) is 5.32 Å². The number of sulfonamides is 1. The number of carbonyl (C=O) groups excluding carboxylic acids is 1. The topological polar surface area (TPSA) is 66.5 Å². The van der Waals surface area contributed by atoms with Crippen molar-refractivity contribution in [1.29, 1.82) is 0 Å². The number of aryl methyl sites for hydroxylation is 1. The maximum absolute atomic E-state index is 13.3. The van der Waals surface area contributed by atoms with E-state index in [0.717, 1.165) is 66.8 Å². The molecule has 6 rings (SSSR count). The molecule has 0 atom stereocenters. The summed E-state index contributed by atoms with van der Waals surface area (Å²) in [6, 6.07) is 5.74. The summed E-state index contributed by atoms with van der Waals surface area (Å²) < 4.78 is 26.3.